The van der Waals surface area contributed by atoms with E-state index in [2.05, 4.69) is 224 Å². The summed E-state index contributed by atoms with van der Waals surface area (Å²) in [5.74, 6) is 8.10. The number of pyridine rings is 1. The minimum absolute atomic E-state index is 0. The molecule has 3 heterocycles. The second-order valence-electron chi connectivity index (χ2n) is 20.2. The molecule has 0 atom stereocenters. The largest absolute Gasteiger partial charge is 0 e. The van der Waals surface area contributed by atoms with Gasteiger partial charge in [-0.25, -0.2) is 0 Å². The average Bonchev–Trinajstić information content (AvgIpc) is 3.96. The van der Waals surface area contributed by atoms with Crippen molar-refractivity contribution in [2.45, 2.75) is 56.8 Å². The molecule has 0 aliphatic carbocycles. The molecular weight excluding hydrogens is 1120 g/mol. The van der Waals surface area contributed by atoms with Crippen LogP contribution in [0.1, 0.15) is 50.7 Å². The maximum atomic E-state index is 12.8. The number of halogens is 1. The van der Waals surface area contributed by atoms with Crippen LogP contribution in [0.3, 0.4) is 0 Å². The van der Waals surface area contributed by atoms with Crippen molar-refractivity contribution in [1.29, 1.82) is 0 Å². The zero-order valence-corrected chi connectivity index (χ0v) is 46.0. The van der Waals surface area contributed by atoms with E-state index >= 15 is 0 Å². The van der Waals surface area contributed by atoms with Crippen molar-refractivity contribution in [3.63, 3.8) is 0 Å². The van der Waals surface area contributed by atoms with Crippen LogP contribution in [0.4, 0.5) is 4.39 Å². The van der Waals surface area contributed by atoms with Gasteiger partial charge in [-0.3, -0.25) is 4.98 Å². The molecule has 0 aliphatic rings. The number of para-hydroxylation sites is 2. The normalized spacial score (nSPS) is 11.8. The predicted molar refractivity (Wildman–Crippen MR) is 298 cm³/mol. The van der Waals surface area contributed by atoms with Crippen molar-refractivity contribution in [3.05, 3.63) is 217 Å². The fourth-order valence-electron chi connectivity index (χ4n) is 9.91. The van der Waals surface area contributed by atoms with Crippen LogP contribution in [-0.2, 0) is 20.1 Å². The maximum absolute atomic E-state index is 12.8. The van der Waals surface area contributed by atoms with E-state index in [1.807, 2.05) is 12.3 Å². The van der Waals surface area contributed by atoms with Crippen LogP contribution in [0.5, 0.6) is 0 Å². The first-order chi connectivity index (χ1) is 34.4. The van der Waals surface area contributed by atoms with Gasteiger partial charge in [0.2, 0.25) is 0 Å². The van der Waals surface area contributed by atoms with Crippen LogP contribution >= 0.6 is 0 Å². The molecule has 3 aromatic heterocycles. The van der Waals surface area contributed by atoms with Crippen LogP contribution in [0.2, 0.25) is 17.3 Å². The van der Waals surface area contributed by atoms with Gasteiger partial charge in [0.1, 0.15) is 5.58 Å². The third-order valence-electron chi connectivity index (χ3n) is 13.7. The molecule has 0 fully saturated rings. The predicted octanol–water partition coefficient (Wildman–Crippen LogP) is 17.5. The summed E-state index contributed by atoms with van der Waals surface area (Å²) in [5.41, 5.74) is 14.9. The van der Waals surface area contributed by atoms with E-state index < -0.39 is 13.3 Å². The van der Waals surface area contributed by atoms with E-state index in [1.165, 1.54) is 77.1 Å². The van der Waals surface area contributed by atoms with Gasteiger partial charge >= 0.3 is 104 Å². The Labute approximate surface area is 437 Å². The average molecular weight is 1180 g/mol. The molecule has 12 aromatic rings. The van der Waals surface area contributed by atoms with Crippen molar-refractivity contribution in [2.75, 3.05) is 0 Å². The molecule has 0 amide bonds. The third kappa shape index (κ3) is 9.24. The Morgan fingerprint density at radius 2 is 1.25 bits per heavy atom. The Hall–Kier alpha value is -6.96. The van der Waals surface area contributed by atoms with Gasteiger partial charge in [-0.15, -0.1) is 18.2 Å². The van der Waals surface area contributed by atoms with E-state index in [1.54, 1.807) is 6.07 Å². The maximum Gasteiger partial charge on any atom is 0 e. The van der Waals surface area contributed by atoms with Crippen LogP contribution in [-0.4, -0.2) is 27.8 Å². The molecule has 12 rings (SSSR count). The van der Waals surface area contributed by atoms with Crippen molar-refractivity contribution < 1.29 is 28.9 Å². The Morgan fingerprint density at radius 3 is 1.96 bits per heavy atom. The molecule has 7 heteroatoms. The number of imidazole rings is 1. The molecule has 4 nitrogen and oxygen atoms in total. The van der Waals surface area contributed by atoms with Gasteiger partial charge in [0.15, 0.2) is 0 Å². The quantitative estimate of drug-likeness (QED) is 0.0865. The van der Waals surface area contributed by atoms with Gasteiger partial charge in [-0.05, 0) is 103 Å². The summed E-state index contributed by atoms with van der Waals surface area (Å²) >= 11 is -1.83. The number of hydrogen-bond donors (Lipinski definition) is 0. The van der Waals surface area contributed by atoms with Crippen molar-refractivity contribution in [3.8, 4) is 50.6 Å². The van der Waals surface area contributed by atoms with Gasteiger partial charge in [-0.1, -0.05) is 142 Å². The standard InChI is InChI=1S/C51H39N2O.C14H15FGeN.Ir/c1-31(2)42-28-38(35-23-21-34(22-24-35)33-13-6-5-7-14-33)29-43(32(3)4)49(42)53-47-20-11-10-19-46(47)52-51(53)41-18-12-17-40-45-27-37-26-25-36-15-8-9-16-39(36)44(37)30-48(45)54-50(40)41;1-16(2,3)13-8-9-17-14(10-13)11-4-6-12(15)7-5-11;/h5-17,19-32H,1-4H3;4,6-10H,1-3H3;/q2*-1;. The fraction of sp³-hybridized carbons (Fsp3) is 0.138. The van der Waals surface area contributed by atoms with Crippen LogP contribution in [0, 0.1) is 17.9 Å². The van der Waals surface area contributed by atoms with Gasteiger partial charge in [-0.2, -0.15) is 0 Å². The molecule has 0 bridgehead atoms. The van der Waals surface area contributed by atoms with Gasteiger partial charge in [0.25, 0.3) is 0 Å². The molecule has 0 unspecified atom stereocenters. The summed E-state index contributed by atoms with van der Waals surface area (Å²) in [7, 11) is 0. The monoisotopic (exact) mass is 1180 g/mol. The second kappa shape index (κ2) is 19.9. The van der Waals surface area contributed by atoms with Gasteiger partial charge < -0.3 is 8.98 Å². The van der Waals surface area contributed by atoms with Crippen LogP contribution < -0.4 is 4.40 Å². The molecule has 0 spiro atoms. The molecule has 0 saturated heterocycles. The molecule has 72 heavy (non-hydrogen) atoms. The first-order valence-electron chi connectivity index (χ1n) is 24.5. The van der Waals surface area contributed by atoms with Crippen molar-refractivity contribution in [2.24, 2.45) is 0 Å². The minimum Gasteiger partial charge on any atom is 0 e. The van der Waals surface area contributed by atoms with E-state index in [9.17, 15) is 4.39 Å². The Balaban J connectivity index is 0.000000282. The molecule has 357 valence electrons. The molecule has 0 saturated carbocycles. The number of aromatic nitrogens is 3. The van der Waals surface area contributed by atoms with E-state index in [0.29, 0.717) is 0 Å². The Bertz CT molecular complexity index is 3900. The number of benzene rings is 9. The first-order valence-corrected chi connectivity index (χ1v) is 31.9. The number of furan rings is 1. The first kappa shape index (κ1) is 48.7. The van der Waals surface area contributed by atoms with Crippen molar-refractivity contribution >= 4 is 72.2 Å². The van der Waals surface area contributed by atoms with E-state index in [4.69, 9.17) is 9.40 Å². The zero-order valence-electron chi connectivity index (χ0n) is 41.5. The number of rotatable bonds is 8. The summed E-state index contributed by atoms with van der Waals surface area (Å²) < 4.78 is 23.5. The molecule has 9 aromatic carbocycles. The number of fused-ring (bicyclic) bond motifs is 7. The zero-order chi connectivity index (χ0) is 49.0. The van der Waals surface area contributed by atoms with Crippen molar-refractivity contribution in [1.82, 2.24) is 14.5 Å². The van der Waals surface area contributed by atoms with E-state index in [-0.39, 0.29) is 37.8 Å². The second-order valence-corrected chi connectivity index (χ2v) is 30.8. The summed E-state index contributed by atoms with van der Waals surface area (Å²) in [6, 6.07) is 69.7. The summed E-state index contributed by atoms with van der Waals surface area (Å²) in [6.45, 7) is 9.18. The Morgan fingerprint density at radius 1 is 0.583 bits per heavy atom. The van der Waals surface area contributed by atoms with E-state index in [0.717, 1.165) is 55.6 Å². The topological polar surface area (TPSA) is 43.9 Å². The SMILES string of the molecule is CC(C)c1cc(-c2ccc(-c3ccccc3)cc2)cc(C(C)C)c1-n1c(-c2[c-]ccc3c2oc2cc4c(ccc5ccccc54)cc23)nc2ccccc21.[CH3][Ge]([CH3])([CH3])[c]1ccnc(-c2[c-]cc(F)cc2)c1.[Ir]. The molecule has 1 radical (unpaired) electrons. The van der Waals surface area contributed by atoms with Crippen LogP contribution in [0.15, 0.2) is 193 Å². The minimum atomic E-state index is -1.83. The fourth-order valence-corrected chi connectivity index (χ4v) is 12.3. The van der Waals surface area contributed by atoms with Gasteiger partial charge in [0.05, 0.1) is 22.4 Å². The Kier molecular flexibility index (Phi) is 13.5. The molecule has 0 aliphatic heterocycles. The molecule has 0 N–H and O–H groups in total. The smallest absolute Gasteiger partial charge is 0 e. The summed E-state index contributed by atoms with van der Waals surface area (Å²) in [4.78, 5) is 9.70. The number of hydrogen-bond acceptors (Lipinski definition) is 3. The number of nitrogens with zero attached hydrogens (tertiary/aromatic N) is 3. The molecular formula is C65H54FGeIrN3O-2. The van der Waals surface area contributed by atoms with Crippen LogP contribution in [0.25, 0.3) is 105 Å². The van der Waals surface area contributed by atoms with Gasteiger partial charge in [0, 0.05) is 31.2 Å². The third-order valence-corrected chi connectivity index (χ3v) is 18.0. The summed E-state index contributed by atoms with van der Waals surface area (Å²) in [6.07, 6.45) is 1.83. The summed E-state index contributed by atoms with van der Waals surface area (Å²) in [5, 5.41) is 7.00.